The van der Waals surface area contributed by atoms with E-state index in [1.54, 1.807) is 34.1 Å². The summed E-state index contributed by atoms with van der Waals surface area (Å²) >= 11 is 0. The van der Waals surface area contributed by atoms with E-state index in [0.29, 0.717) is 18.7 Å². The molecule has 22 heavy (non-hydrogen) atoms. The van der Waals surface area contributed by atoms with Gasteiger partial charge in [-0.1, -0.05) is 12.1 Å². The van der Waals surface area contributed by atoms with Crippen molar-refractivity contribution in [2.24, 2.45) is 0 Å². The molecule has 2 amide bonds. The van der Waals surface area contributed by atoms with E-state index in [0.717, 1.165) is 18.4 Å². The Morgan fingerprint density at radius 2 is 2.00 bits per heavy atom. The molecule has 0 radical (unpaired) electrons. The third-order valence-corrected chi connectivity index (χ3v) is 4.24. The molecule has 2 heterocycles. The summed E-state index contributed by atoms with van der Waals surface area (Å²) in [6.45, 7) is 1.21. The molecule has 0 saturated carbocycles. The zero-order valence-corrected chi connectivity index (χ0v) is 12.4. The molecule has 0 spiro atoms. The van der Waals surface area contributed by atoms with Crippen molar-refractivity contribution in [3.8, 4) is 0 Å². The number of benzene rings is 1. The highest BCUT2D eigenvalue weighted by molar-refractivity contribution is 5.95. The van der Waals surface area contributed by atoms with Crippen LogP contribution in [0.2, 0.25) is 0 Å². The Kier molecular flexibility index (Phi) is 3.83. The smallest absolute Gasteiger partial charge is 0.337 e. The van der Waals surface area contributed by atoms with E-state index in [-0.39, 0.29) is 24.4 Å². The van der Waals surface area contributed by atoms with Crippen molar-refractivity contribution in [2.75, 3.05) is 20.2 Å². The molecule has 0 unspecified atom stereocenters. The largest absolute Gasteiger partial charge is 0.465 e. The Bertz CT molecular complexity index is 611. The van der Waals surface area contributed by atoms with Crippen molar-refractivity contribution >= 4 is 17.8 Å². The van der Waals surface area contributed by atoms with Crippen molar-refractivity contribution in [1.82, 2.24) is 9.80 Å². The van der Waals surface area contributed by atoms with Gasteiger partial charge in [0, 0.05) is 13.1 Å². The third kappa shape index (κ3) is 2.56. The number of nitrogens with zero attached hydrogens (tertiary/aromatic N) is 2. The maximum absolute atomic E-state index is 12.4. The van der Waals surface area contributed by atoms with E-state index in [4.69, 9.17) is 0 Å². The highest BCUT2D eigenvalue weighted by Crippen LogP contribution is 2.24. The van der Waals surface area contributed by atoms with Gasteiger partial charge in [-0.2, -0.15) is 0 Å². The molecule has 2 aliphatic heterocycles. The summed E-state index contributed by atoms with van der Waals surface area (Å²) in [5.41, 5.74) is 1.36. The van der Waals surface area contributed by atoms with Crippen LogP contribution in [0.1, 0.15) is 28.8 Å². The SMILES string of the molecule is COC(=O)c1ccc(CN2CC(=O)N3CCC[C@@H]3C2=O)cc1. The quantitative estimate of drug-likeness (QED) is 0.775. The molecule has 0 N–H and O–H groups in total. The van der Waals surface area contributed by atoms with Crippen LogP contribution < -0.4 is 0 Å². The van der Waals surface area contributed by atoms with Crippen LogP contribution in [0.5, 0.6) is 0 Å². The first-order valence-electron chi connectivity index (χ1n) is 7.35. The number of carbonyl (C=O) groups is 3. The number of piperazine rings is 1. The van der Waals surface area contributed by atoms with Crippen molar-refractivity contribution in [3.63, 3.8) is 0 Å². The molecule has 6 heteroatoms. The predicted octanol–water partition coefficient (Wildman–Crippen LogP) is 0.806. The van der Waals surface area contributed by atoms with E-state index in [1.807, 2.05) is 0 Å². The van der Waals surface area contributed by atoms with E-state index >= 15 is 0 Å². The van der Waals surface area contributed by atoms with Crippen LogP contribution >= 0.6 is 0 Å². The van der Waals surface area contributed by atoms with Crippen LogP contribution in [0, 0.1) is 0 Å². The maximum Gasteiger partial charge on any atom is 0.337 e. The fourth-order valence-corrected chi connectivity index (χ4v) is 3.08. The lowest BCUT2D eigenvalue weighted by atomic mass is 10.1. The molecule has 0 aliphatic carbocycles. The summed E-state index contributed by atoms with van der Waals surface area (Å²) in [4.78, 5) is 39.2. The molecular formula is C16H18N2O4. The third-order valence-electron chi connectivity index (χ3n) is 4.24. The Labute approximate surface area is 128 Å². The molecule has 3 rings (SSSR count). The van der Waals surface area contributed by atoms with E-state index in [1.165, 1.54) is 7.11 Å². The number of esters is 1. The minimum absolute atomic E-state index is 0.0216. The zero-order chi connectivity index (χ0) is 15.7. The Morgan fingerprint density at radius 1 is 1.27 bits per heavy atom. The molecule has 1 aromatic rings. The Balaban J connectivity index is 1.71. The molecule has 1 aromatic carbocycles. The van der Waals surface area contributed by atoms with Crippen LogP contribution in [0.15, 0.2) is 24.3 Å². The van der Waals surface area contributed by atoms with Crippen LogP contribution in [0.4, 0.5) is 0 Å². The number of hydrogen-bond donors (Lipinski definition) is 0. The first kappa shape index (κ1) is 14.6. The topological polar surface area (TPSA) is 66.9 Å². The second-order valence-electron chi connectivity index (χ2n) is 5.63. The fourth-order valence-electron chi connectivity index (χ4n) is 3.08. The van der Waals surface area contributed by atoms with Gasteiger partial charge in [0.05, 0.1) is 12.7 Å². The maximum atomic E-state index is 12.4. The molecule has 2 saturated heterocycles. The summed E-state index contributed by atoms with van der Waals surface area (Å²) in [6.07, 6.45) is 1.65. The lowest BCUT2D eigenvalue weighted by molar-refractivity contribution is -0.154. The van der Waals surface area contributed by atoms with Gasteiger partial charge in [0.2, 0.25) is 11.8 Å². The minimum Gasteiger partial charge on any atom is -0.465 e. The van der Waals surface area contributed by atoms with Crippen LogP contribution in [-0.2, 0) is 20.9 Å². The van der Waals surface area contributed by atoms with Gasteiger partial charge >= 0.3 is 5.97 Å². The van der Waals surface area contributed by atoms with Crippen LogP contribution in [0.25, 0.3) is 0 Å². The number of rotatable bonds is 3. The van der Waals surface area contributed by atoms with Crippen LogP contribution in [-0.4, -0.2) is 53.8 Å². The molecule has 2 fully saturated rings. The number of methoxy groups -OCH3 is 1. The summed E-state index contributed by atoms with van der Waals surface area (Å²) < 4.78 is 4.65. The summed E-state index contributed by atoms with van der Waals surface area (Å²) in [7, 11) is 1.33. The molecule has 0 bridgehead atoms. The zero-order valence-electron chi connectivity index (χ0n) is 12.4. The highest BCUT2D eigenvalue weighted by atomic mass is 16.5. The normalized spacial score (nSPS) is 21.0. The number of carbonyl (C=O) groups excluding carboxylic acids is 3. The molecule has 1 atom stereocenters. The molecule has 2 aliphatic rings. The number of amides is 2. The monoisotopic (exact) mass is 302 g/mol. The van der Waals surface area contributed by atoms with Gasteiger partial charge in [-0.25, -0.2) is 4.79 Å². The Hall–Kier alpha value is -2.37. The predicted molar refractivity (Wildman–Crippen MR) is 77.9 cm³/mol. The Morgan fingerprint density at radius 3 is 2.68 bits per heavy atom. The average Bonchev–Trinajstić information content (AvgIpc) is 3.03. The molecule has 6 nitrogen and oxygen atoms in total. The van der Waals surface area contributed by atoms with Crippen molar-refractivity contribution in [3.05, 3.63) is 35.4 Å². The lowest BCUT2D eigenvalue weighted by Gasteiger charge is -2.36. The number of fused-ring (bicyclic) bond motifs is 1. The van der Waals surface area contributed by atoms with Crippen molar-refractivity contribution < 1.29 is 19.1 Å². The number of hydrogen-bond acceptors (Lipinski definition) is 4. The number of ether oxygens (including phenoxy) is 1. The molecular weight excluding hydrogens is 284 g/mol. The molecule has 0 aromatic heterocycles. The first-order valence-corrected chi connectivity index (χ1v) is 7.35. The minimum atomic E-state index is -0.391. The molecule has 116 valence electrons. The first-order chi connectivity index (χ1) is 10.6. The summed E-state index contributed by atoms with van der Waals surface area (Å²) in [5.74, 6) is -0.347. The summed E-state index contributed by atoms with van der Waals surface area (Å²) in [5, 5.41) is 0. The lowest BCUT2D eigenvalue weighted by Crippen LogP contribution is -2.56. The highest BCUT2D eigenvalue weighted by Gasteiger charge is 2.41. The summed E-state index contributed by atoms with van der Waals surface area (Å²) in [6, 6.07) is 6.62. The fraction of sp³-hybridized carbons (Fsp3) is 0.438. The van der Waals surface area contributed by atoms with Crippen LogP contribution in [0.3, 0.4) is 0 Å². The van der Waals surface area contributed by atoms with Gasteiger partial charge in [-0.15, -0.1) is 0 Å². The van der Waals surface area contributed by atoms with Gasteiger partial charge in [0.1, 0.15) is 12.6 Å². The second kappa shape index (κ2) is 5.79. The standard InChI is InChI=1S/C16H18N2O4/c1-22-16(21)12-6-4-11(5-7-12)9-17-10-14(19)18-8-2-3-13(18)15(17)20/h4-7,13H,2-3,8-10H2,1H3/t13-/m1/s1. The van der Waals surface area contributed by atoms with E-state index in [2.05, 4.69) is 4.74 Å². The van der Waals surface area contributed by atoms with Gasteiger partial charge < -0.3 is 14.5 Å². The second-order valence-corrected chi connectivity index (χ2v) is 5.63. The van der Waals surface area contributed by atoms with Gasteiger partial charge in [0.15, 0.2) is 0 Å². The van der Waals surface area contributed by atoms with Gasteiger partial charge in [-0.05, 0) is 30.5 Å². The van der Waals surface area contributed by atoms with Gasteiger partial charge in [0.25, 0.3) is 0 Å². The van der Waals surface area contributed by atoms with Gasteiger partial charge in [-0.3, -0.25) is 9.59 Å². The van der Waals surface area contributed by atoms with Crippen molar-refractivity contribution in [1.29, 1.82) is 0 Å². The van der Waals surface area contributed by atoms with Crippen molar-refractivity contribution in [2.45, 2.75) is 25.4 Å². The average molecular weight is 302 g/mol. The van der Waals surface area contributed by atoms with E-state index < -0.39 is 5.97 Å². The van der Waals surface area contributed by atoms with E-state index in [9.17, 15) is 14.4 Å².